The van der Waals surface area contributed by atoms with Crippen LogP contribution in [-0.2, 0) is 0 Å². The summed E-state index contributed by atoms with van der Waals surface area (Å²) < 4.78 is 0. The molecule has 3 aliphatic carbocycles. The van der Waals surface area contributed by atoms with Crippen LogP contribution < -0.4 is 0 Å². The van der Waals surface area contributed by atoms with Crippen molar-refractivity contribution >= 4 is 0 Å². The largest absolute Gasteiger partial charge is 0.396 e. The lowest BCUT2D eigenvalue weighted by atomic mass is 9.47. The van der Waals surface area contributed by atoms with E-state index in [4.69, 9.17) is 0 Å². The van der Waals surface area contributed by atoms with E-state index in [-0.39, 0.29) is 5.41 Å². The first-order valence-electron chi connectivity index (χ1n) is 8.82. The second kappa shape index (κ2) is 4.98. The summed E-state index contributed by atoms with van der Waals surface area (Å²) in [5, 5.41) is 9.95. The third kappa shape index (κ3) is 2.23. The van der Waals surface area contributed by atoms with Crippen molar-refractivity contribution in [3.8, 4) is 0 Å². The molecule has 0 radical (unpaired) electrons. The number of hydrogen-bond donors (Lipinski definition) is 1. The van der Waals surface area contributed by atoms with E-state index in [9.17, 15) is 5.11 Å². The van der Waals surface area contributed by atoms with Crippen LogP contribution in [0.3, 0.4) is 0 Å². The molecule has 0 bridgehead atoms. The first-order valence-corrected chi connectivity index (χ1v) is 8.82. The summed E-state index contributed by atoms with van der Waals surface area (Å²) in [6.45, 7) is 11.6. The minimum Gasteiger partial charge on any atom is -0.396 e. The van der Waals surface area contributed by atoms with Gasteiger partial charge in [0.1, 0.15) is 0 Å². The van der Waals surface area contributed by atoms with E-state index >= 15 is 0 Å². The molecule has 5 atom stereocenters. The Bertz CT molecular complexity index is 464. The summed E-state index contributed by atoms with van der Waals surface area (Å²) in [7, 11) is 0. The van der Waals surface area contributed by atoms with Gasteiger partial charge in [0, 0.05) is 6.61 Å². The molecule has 2 fully saturated rings. The van der Waals surface area contributed by atoms with Gasteiger partial charge in [-0.2, -0.15) is 0 Å². The Kier molecular flexibility index (Phi) is 3.64. The smallest absolute Gasteiger partial charge is 0.0490 e. The zero-order valence-corrected chi connectivity index (χ0v) is 14.1. The Hall–Kier alpha value is -0.560. The molecule has 21 heavy (non-hydrogen) atoms. The predicted molar refractivity (Wildman–Crippen MR) is 89.0 cm³/mol. The second-order valence-corrected chi connectivity index (χ2v) is 8.82. The summed E-state index contributed by atoms with van der Waals surface area (Å²) in [6, 6.07) is 0. The molecular formula is C20H32O. The molecule has 0 amide bonds. The van der Waals surface area contributed by atoms with Gasteiger partial charge >= 0.3 is 0 Å². The Labute approximate surface area is 130 Å². The van der Waals surface area contributed by atoms with Crippen molar-refractivity contribution in [2.45, 2.75) is 65.7 Å². The third-order valence-corrected chi connectivity index (χ3v) is 7.44. The number of allylic oxidation sites excluding steroid dienone is 3. The molecule has 3 aliphatic rings. The molecule has 1 N–H and O–H groups in total. The lowest BCUT2D eigenvalue weighted by Crippen LogP contribution is -2.49. The number of aliphatic hydroxyl groups excluding tert-OH is 1. The quantitative estimate of drug-likeness (QED) is 0.700. The molecule has 0 heterocycles. The Morgan fingerprint density at radius 2 is 2.00 bits per heavy atom. The first kappa shape index (κ1) is 15.3. The number of rotatable bonds is 2. The molecule has 0 unspecified atom stereocenters. The zero-order valence-electron chi connectivity index (χ0n) is 14.1. The van der Waals surface area contributed by atoms with Crippen molar-refractivity contribution < 1.29 is 5.11 Å². The maximum Gasteiger partial charge on any atom is 0.0490 e. The normalized spacial score (nSPS) is 49.8. The minimum absolute atomic E-state index is 0.122. The van der Waals surface area contributed by atoms with Crippen LogP contribution in [0.5, 0.6) is 0 Å². The average molecular weight is 288 g/mol. The van der Waals surface area contributed by atoms with Crippen molar-refractivity contribution in [1.29, 1.82) is 0 Å². The van der Waals surface area contributed by atoms with Gasteiger partial charge in [-0.15, -0.1) is 6.58 Å². The topological polar surface area (TPSA) is 20.2 Å². The van der Waals surface area contributed by atoms with Crippen LogP contribution in [-0.4, -0.2) is 11.7 Å². The molecule has 118 valence electrons. The summed E-state index contributed by atoms with van der Waals surface area (Å²) in [4.78, 5) is 0. The molecule has 1 heteroatoms. The molecule has 0 aliphatic heterocycles. The van der Waals surface area contributed by atoms with E-state index in [1.807, 2.05) is 0 Å². The Morgan fingerprint density at radius 1 is 1.24 bits per heavy atom. The van der Waals surface area contributed by atoms with Gasteiger partial charge < -0.3 is 5.11 Å². The highest BCUT2D eigenvalue weighted by molar-refractivity contribution is 5.28. The zero-order chi connectivity index (χ0) is 15.3. The van der Waals surface area contributed by atoms with E-state index in [1.54, 1.807) is 5.57 Å². The predicted octanol–water partition coefficient (Wildman–Crippen LogP) is 5.11. The van der Waals surface area contributed by atoms with Gasteiger partial charge in [-0.05, 0) is 73.0 Å². The van der Waals surface area contributed by atoms with Gasteiger partial charge in [-0.25, -0.2) is 0 Å². The molecule has 0 aromatic rings. The SMILES string of the molecule is C=C[C@]1(C)CC[C@@]2(C)C3=CCC[C@](C)(CO)[C@@H]3CC[C@@H]2C1. The van der Waals surface area contributed by atoms with E-state index < -0.39 is 0 Å². The summed E-state index contributed by atoms with van der Waals surface area (Å²) >= 11 is 0. The molecule has 0 aromatic heterocycles. The first-order chi connectivity index (χ1) is 9.87. The van der Waals surface area contributed by atoms with Crippen LogP contribution in [0.1, 0.15) is 65.7 Å². The van der Waals surface area contributed by atoms with Crippen LogP contribution in [0.15, 0.2) is 24.3 Å². The van der Waals surface area contributed by atoms with Crippen LogP contribution in [0.4, 0.5) is 0 Å². The van der Waals surface area contributed by atoms with Crippen LogP contribution in [0.25, 0.3) is 0 Å². The van der Waals surface area contributed by atoms with Crippen LogP contribution in [0.2, 0.25) is 0 Å². The second-order valence-electron chi connectivity index (χ2n) is 8.82. The Balaban J connectivity index is 1.93. The highest BCUT2D eigenvalue weighted by Gasteiger charge is 2.53. The summed E-state index contributed by atoms with van der Waals surface area (Å²) in [5.74, 6) is 1.42. The van der Waals surface area contributed by atoms with Crippen molar-refractivity contribution in [1.82, 2.24) is 0 Å². The molecular weight excluding hydrogens is 256 g/mol. The molecule has 3 rings (SSSR count). The number of aliphatic hydroxyl groups is 1. The van der Waals surface area contributed by atoms with Crippen molar-refractivity contribution in [2.75, 3.05) is 6.61 Å². The standard InChI is InChI=1S/C20H32O/c1-5-18(2)11-12-20(4)15(13-18)8-9-16-17(20)7-6-10-19(16,3)14-21/h5,7,15-16,21H,1,6,8-14H2,2-4H3/t15-,16-,18-,19-,20-/m1/s1. The number of fused-ring (bicyclic) bond motifs is 3. The van der Waals surface area contributed by atoms with Gasteiger partial charge in [0.15, 0.2) is 0 Å². The maximum atomic E-state index is 9.95. The van der Waals surface area contributed by atoms with Crippen molar-refractivity contribution in [2.24, 2.45) is 28.1 Å². The third-order valence-electron chi connectivity index (χ3n) is 7.44. The molecule has 1 nitrogen and oxygen atoms in total. The van der Waals surface area contributed by atoms with Gasteiger partial charge in [-0.1, -0.05) is 38.5 Å². The lowest BCUT2D eigenvalue weighted by Gasteiger charge is -2.58. The fraction of sp³-hybridized carbons (Fsp3) is 0.800. The van der Waals surface area contributed by atoms with Crippen LogP contribution in [0, 0.1) is 28.1 Å². The highest BCUT2D eigenvalue weighted by atomic mass is 16.3. The average Bonchev–Trinajstić information content (AvgIpc) is 2.49. The molecule has 0 saturated heterocycles. The van der Waals surface area contributed by atoms with Crippen molar-refractivity contribution in [3.63, 3.8) is 0 Å². The molecule has 0 spiro atoms. The lowest BCUT2D eigenvalue weighted by molar-refractivity contribution is -0.00952. The van der Waals surface area contributed by atoms with Gasteiger partial charge in [0.05, 0.1) is 0 Å². The fourth-order valence-corrected chi connectivity index (χ4v) is 5.57. The minimum atomic E-state index is 0.122. The number of hydrogen-bond acceptors (Lipinski definition) is 1. The fourth-order valence-electron chi connectivity index (χ4n) is 5.57. The van der Waals surface area contributed by atoms with Gasteiger partial charge in [-0.3, -0.25) is 0 Å². The molecule has 0 aromatic carbocycles. The summed E-state index contributed by atoms with van der Waals surface area (Å²) in [5.41, 5.74) is 2.54. The van der Waals surface area contributed by atoms with E-state index in [1.165, 1.54) is 32.1 Å². The van der Waals surface area contributed by atoms with E-state index in [2.05, 4.69) is 39.5 Å². The monoisotopic (exact) mass is 288 g/mol. The van der Waals surface area contributed by atoms with Crippen LogP contribution >= 0.6 is 0 Å². The molecule has 2 saturated carbocycles. The van der Waals surface area contributed by atoms with E-state index in [0.717, 1.165) is 18.8 Å². The highest BCUT2D eigenvalue weighted by Crippen LogP contribution is 2.63. The van der Waals surface area contributed by atoms with Gasteiger partial charge in [0.2, 0.25) is 0 Å². The van der Waals surface area contributed by atoms with Crippen molar-refractivity contribution in [3.05, 3.63) is 24.3 Å². The Morgan fingerprint density at radius 3 is 2.67 bits per heavy atom. The maximum absolute atomic E-state index is 9.95. The van der Waals surface area contributed by atoms with Gasteiger partial charge in [0.25, 0.3) is 0 Å². The summed E-state index contributed by atoms with van der Waals surface area (Å²) in [6.07, 6.45) is 13.5. The van der Waals surface area contributed by atoms with E-state index in [0.29, 0.717) is 23.4 Å².